The number of carboxylic acid groups (broad SMARTS) is 1. The Morgan fingerprint density at radius 1 is 0.430 bits per heavy atom. The second-order valence-electron chi connectivity index (χ2n) is 34.3. The van der Waals surface area contributed by atoms with E-state index in [2.05, 4.69) is 175 Å². The molecule has 3 fully saturated rings. The smallest absolute Gasteiger partial charge is 0.320 e. The van der Waals surface area contributed by atoms with Crippen molar-refractivity contribution in [2.24, 2.45) is 11.7 Å². The lowest BCUT2D eigenvalue weighted by atomic mass is 10.0. The van der Waals surface area contributed by atoms with Crippen molar-refractivity contribution < 1.29 is 30.3 Å². The zero-order valence-corrected chi connectivity index (χ0v) is 75.5. The van der Waals surface area contributed by atoms with Crippen LogP contribution in [0.25, 0.3) is 45.0 Å². The summed E-state index contributed by atoms with van der Waals surface area (Å²) in [6, 6.07) is 72.9. The van der Waals surface area contributed by atoms with E-state index in [1.807, 2.05) is 110 Å². The number of nitrogens with one attached hydrogen (secondary N) is 3. The number of aliphatic carboxylic acids is 1. The molecule has 3 aliphatic rings. The van der Waals surface area contributed by atoms with Crippen LogP contribution in [0, 0.1) is 5.92 Å². The third-order valence-corrected chi connectivity index (χ3v) is 24.1. The molecule has 22 heteroatoms. The van der Waals surface area contributed by atoms with Gasteiger partial charge < -0.3 is 47.2 Å². The van der Waals surface area contributed by atoms with E-state index in [0.717, 1.165) is 254 Å². The summed E-state index contributed by atoms with van der Waals surface area (Å²) in [5, 5.41) is 57.5. The lowest BCUT2D eigenvalue weighted by molar-refractivity contribution is -0.138. The first-order valence-corrected chi connectivity index (χ1v) is 46.2. The summed E-state index contributed by atoms with van der Waals surface area (Å²) in [5.74, 6) is 4.47. The number of piperazine rings is 1. The van der Waals surface area contributed by atoms with E-state index < -0.39 is 12.0 Å². The van der Waals surface area contributed by atoms with E-state index in [-0.39, 0.29) is 5.75 Å². The fourth-order valence-electron chi connectivity index (χ4n) is 16.7. The maximum absolute atomic E-state index is 11.0. The van der Waals surface area contributed by atoms with Gasteiger partial charge in [0.25, 0.3) is 0 Å². The van der Waals surface area contributed by atoms with Gasteiger partial charge in [0.15, 0.2) is 0 Å². The van der Waals surface area contributed by atoms with Crippen molar-refractivity contribution in [3.05, 3.63) is 311 Å². The Kier molecular flexibility index (Phi) is 37.9. The zero-order chi connectivity index (χ0) is 89.6. The molecule has 0 spiro atoms. The van der Waals surface area contributed by atoms with Gasteiger partial charge in [0, 0.05) is 150 Å². The Hall–Kier alpha value is -11.6. The third-order valence-electron chi connectivity index (χ3n) is 24.1. The SMILES string of the molecule is CCN(CC[C@H](N)C(=O)O)Cc1cccc(-c2ccnc(CCCc3ccc(O)cc3)n2)c1.CCN(Cc1cccc(-c2ccnc(CCCc3ccc(O)cc3)n2)c1)C[C@H]1CCCN1.CCN(Cc1cccc(-c2ccnc(CCCc3cccc(O)c3)n2)c1)C[C@H]1CCNC1.C[C@@H]1CN(Cc2cccc(-c3ccnc(CCCc4ccc(O)cc4)n3)c2)[C@@H](C)CN1. The van der Waals surface area contributed by atoms with Crippen LogP contribution in [-0.4, -0.2) is 187 Å². The van der Waals surface area contributed by atoms with Gasteiger partial charge in [0.05, 0.1) is 22.8 Å². The van der Waals surface area contributed by atoms with Gasteiger partial charge >= 0.3 is 5.97 Å². The van der Waals surface area contributed by atoms with Gasteiger partial charge in [-0.15, -0.1) is 0 Å². The fraction of sp³-hybridized carbons (Fsp3) is 0.387. The zero-order valence-electron chi connectivity index (χ0n) is 75.5. The van der Waals surface area contributed by atoms with Gasteiger partial charge in [-0.25, -0.2) is 39.9 Å². The average molecular weight is 1730 g/mol. The van der Waals surface area contributed by atoms with Crippen molar-refractivity contribution in [2.75, 3.05) is 72.0 Å². The number of hydrogen-bond acceptors (Lipinski definition) is 21. The summed E-state index contributed by atoms with van der Waals surface area (Å²) in [6.07, 6.45) is 22.5. The normalized spacial score (nSPS) is 15.8. The van der Waals surface area contributed by atoms with Crippen molar-refractivity contribution in [3.63, 3.8) is 0 Å². The second-order valence-corrected chi connectivity index (χ2v) is 34.3. The minimum Gasteiger partial charge on any atom is -0.508 e. The van der Waals surface area contributed by atoms with Crippen molar-refractivity contribution in [1.82, 2.24) is 75.4 Å². The molecule has 0 amide bonds. The maximum Gasteiger partial charge on any atom is 0.320 e. The van der Waals surface area contributed by atoms with Crippen molar-refractivity contribution in [2.45, 2.75) is 188 Å². The molecule has 10 N–H and O–H groups in total. The molecule has 0 unspecified atom stereocenters. The first-order valence-electron chi connectivity index (χ1n) is 46.2. The summed E-state index contributed by atoms with van der Waals surface area (Å²) >= 11 is 0. The van der Waals surface area contributed by atoms with Crippen molar-refractivity contribution >= 4 is 5.97 Å². The van der Waals surface area contributed by atoms with Gasteiger partial charge in [-0.2, -0.15) is 0 Å². The first-order chi connectivity index (χ1) is 62.4. The number of rotatable bonds is 39. The Bertz CT molecular complexity index is 5320. The van der Waals surface area contributed by atoms with Crippen LogP contribution in [0.3, 0.4) is 0 Å². The summed E-state index contributed by atoms with van der Waals surface area (Å²) in [5.41, 5.74) is 23.9. The summed E-state index contributed by atoms with van der Waals surface area (Å²) < 4.78 is 0. The molecule has 0 aliphatic carbocycles. The van der Waals surface area contributed by atoms with E-state index in [1.165, 1.54) is 52.6 Å². The Balaban J connectivity index is 0.000000155. The number of phenolic OH excluding ortho intramolecular Hbond substituents is 4. The minimum atomic E-state index is -0.962. The first kappa shape index (κ1) is 95.5. The number of benzene rings is 8. The van der Waals surface area contributed by atoms with Gasteiger partial charge in [-0.3, -0.25) is 24.4 Å². The number of phenols is 4. The van der Waals surface area contributed by atoms with E-state index in [4.69, 9.17) is 30.8 Å². The fourth-order valence-corrected chi connectivity index (χ4v) is 16.7. The Morgan fingerprint density at radius 2 is 0.828 bits per heavy atom. The van der Waals surface area contributed by atoms with E-state index in [0.29, 0.717) is 48.3 Å². The number of nitrogens with two attached hydrogens (primary N) is 1. The number of carboxylic acids is 1. The monoisotopic (exact) mass is 1730 g/mol. The second kappa shape index (κ2) is 50.8. The molecule has 22 nitrogen and oxygen atoms in total. The quantitative estimate of drug-likeness (QED) is 0.0173. The molecule has 3 saturated heterocycles. The van der Waals surface area contributed by atoms with Gasteiger partial charge in [0.2, 0.25) is 0 Å². The number of nitrogens with zero attached hydrogens (tertiary/aromatic N) is 12. The number of aromatic nitrogens is 8. The van der Waals surface area contributed by atoms with Crippen LogP contribution in [0.2, 0.25) is 0 Å². The predicted octanol–water partition coefficient (Wildman–Crippen LogP) is 16.9. The average Bonchev–Trinajstić information content (AvgIpc) is 1.27. The van der Waals surface area contributed by atoms with Gasteiger partial charge in [-0.05, 0) is 278 Å². The van der Waals surface area contributed by atoms with Gasteiger partial charge in [-0.1, -0.05) is 142 Å². The van der Waals surface area contributed by atoms with Crippen LogP contribution in [0.1, 0.15) is 154 Å². The highest BCUT2D eigenvalue weighted by Gasteiger charge is 2.24. The summed E-state index contributed by atoms with van der Waals surface area (Å²) in [4.78, 5) is 57.9. The number of likely N-dealkylation sites (N-methyl/N-ethyl adjacent to an activating group) is 1. The summed E-state index contributed by atoms with van der Waals surface area (Å²) in [6.45, 7) is 26.1. The molecule has 672 valence electrons. The van der Waals surface area contributed by atoms with E-state index in [1.54, 1.807) is 48.7 Å². The van der Waals surface area contributed by atoms with Gasteiger partial charge in [0.1, 0.15) is 52.3 Å². The Morgan fingerprint density at radius 3 is 1.23 bits per heavy atom. The number of aryl methyl sites for hydroxylation is 8. The molecule has 3 aliphatic heterocycles. The molecular formula is C106H132N16O6. The van der Waals surface area contributed by atoms with Crippen molar-refractivity contribution in [1.29, 1.82) is 0 Å². The standard InChI is InChI=1S/2C27H34N4O.C26H32N4O3.C26H32N4O/c1-2-31(20-23-12-14-28-18-23)19-22-8-3-9-24(16-22)26-13-15-29-27(30-26)11-5-7-21-6-4-10-25(32)17-21;1-2-31(20-24-9-5-16-28-24)19-22-7-3-8-23(18-22)26-15-17-29-27(30-26)10-4-6-21-11-13-25(32)14-12-21;1-2-30(16-14-23(27)26(32)33)18-20-6-3-7-21(17-20)24-13-15-28-25(29-24)8-4-5-19-9-11-22(31)12-10-19;1-19-17-30(20(2)16-28-19)18-22-6-3-7-23(15-22)25-13-14-27-26(29-25)8-4-5-21-9-11-24(31)12-10-21/h3-4,6,8-10,13,15-17,23,28,32H,2,5,7,11-12,14,18-20H2,1H3;3,7-8,11-15,17-18,24,28,32H,2,4-6,9-10,16,19-20H2,1H3;3,6-7,9-13,15,17,23,31H,2,4-5,8,14,16,18,27H2,1H3,(H,32,33);3,6-7,9-15,19-20,28,31H,4-5,8,16-18H2,1-2H3/t23-;24-;23-;19-,20+/m0101/s1. The lowest BCUT2D eigenvalue weighted by Gasteiger charge is -2.37. The van der Waals surface area contributed by atoms with Crippen LogP contribution < -0.4 is 21.7 Å². The molecule has 12 aromatic rings. The number of carbonyl (C=O) groups is 1. The maximum atomic E-state index is 11.0. The van der Waals surface area contributed by atoms with Crippen molar-refractivity contribution in [3.8, 4) is 68.0 Å². The van der Waals surface area contributed by atoms with Crippen LogP contribution in [0.5, 0.6) is 23.0 Å². The number of hydrogen-bond donors (Lipinski definition) is 9. The molecule has 0 saturated carbocycles. The molecule has 7 heterocycles. The predicted molar refractivity (Wildman–Crippen MR) is 513 cm³/mol. The van der Waals surface area contributed by atoms with Crippen LogP contribution >= 0.6 is 0 Å². The number of aromatic hydroxyl groups is 4. The van der Waals surface area contributed by atoms with Crippen LogP contribution in [0.15, 0.2) is 243 Å². The largest absolute Gasteiger partial charge is 0.508 e. The van der Waals surface area contributed by atoms with E-state index in [9.17, 15) is 25.2 Å². The molecule has 0 radical (unpaired) electrons. The molecule has 128 heavy (non-hydrogen) atoms. The molecule has 8 aromatic carbocycles. The Labute approximate surface area is 757 Å². The molecule has 5 atom stereocenters. The molecule has 0 bridgehead atoms. The van der Waals surface area contributed by atoms with Crippen LogP contribution in [0.4, 0.5) is 0 Å². The third kappa shape index (κ3) is 32.0. The highest BCUT2D eigenvalue weighted by Crippen LogP contribution is 2.28. The lowest BCUT2D eigenvalue weighted by Crippen LogP contribution is -2.53. The van der Waals surface area contributed by atoms with E-state index >= 15 is 0 Å². The highest BCUT2D eigenvalue weighted by atomic mass is 16.4. The minimum absolute atomic E-state index is 0.280. The highest BCUT2D eigenvalue weighted by molar-refractivity contribution is 5.73. The summed E-state index contributed by atoms with van der Waals surface area (Å²) in [7, 11) is 0. The molecule has 15 rings (SSSR count). The molecular weight excluding hydrogens is 1590 g/mol. The molecule has 4 aromatic heterocycles. The van der Waals surface area contributed by atoms with Crippen LogP contribution in [-0.2, 0) is 82.3 Å². The topological polar surface area (TPSA) is 296 Å².